The van der Waals surface area contributed by atoms with E-state index in [4.69, 9.17) is 51.1 Å². The van der Waals surface area contributed by atoms with Gasteiger partial charge in [-0.3, -0.25) is 14.5 Å². The molecule has 9 heteroatoms. The fraction of sp³-hybridized carbons (Fsp3) is 0.158. The second-order valence-electron chi connectivity index (χ2n) is 5.78. The summed E-state index contributed by atoms with van der Waals surface area (Å²) in [5.74, 6) is -0.0158. The SMILES string of the molecule is CCN1C(=O)S/C(=C/c2cc(Cl)c(OCc3ccc(Cl)c(Cl)c3)c(Cl)c2)C1=O. The molecule has 2 amide bonds. The summed E-state index contributed by atoms with van der Waals surface area (Å²) in [6.07, 6.45) is 1.58. The molecule has 1 heterocycles. The fourth-order valence-electron chi connectivity index (χ4n) is 2.51. The summed E-state index contributed by atoms with van der Waals surface area (Å²) >= 11 is 25.4. The van der Waals surface area contributed by atoms with Crippen LogP contribution in [-0.2, 0) is 11.4 Å². The van der Waals surface area contributed by atoms with Crippen LogP contribution in [0.1, 0.15) is 18.1 Å². The molecule has 0 saturated carbocycles. The molecule has 28 heavy (non-hydrogen) atoms. The lowest BCUT2D eigenvalue weighted by molar-refractivity contribution is -0.122. The van der Waals surface area contributed by atoms with E-state index in [0.717, 1.165) is 17.3 Å². The minimum atomic E-state index is -0.329. The molecule has 0 aliphatic carbocycles. The Kier molecular flexibility index (Phi) is 6.84. The highest BCUT2D eigenvalue weighted by atomic mass is 35.5. The van der Waals surface area contributed by atoms with E-state index in [1.807, 2.05) is 0 Å². The molecular formula is C19H13Cl4NO3S. The van der Waals surface area contributed by atoms with Crippen molar-refractivity contribution in [2.75, 3.05) is 6.54 Å². The third-order valence-electron chi connectivity index (χ3n) is 3.88. The van der Waals surface area contributed by atoms with E-state index >= 15 is 0 Å². The first-order valence-electron chi connectivity index (χ1n) is 8.11. The predicted molar refractivity (Wildman–Crippen MR) is 116 cm³/mol. The minimum Gasteiger partial charge on any atom is -0.486 e. The molecule has 1 aliphatic rings. The molecule has 146 valence electrons. The normalized spacial score (nSPS) is 15.6. The van der Waals surface area contributed by atoms with Crippen molar-refractivity contribution in [2.24, 2.45) is 0 Å². The quantitative estimate of drug-likeness (QED) is 0.438. The zero-order chi connectivity index (χ0) is 20.4. The van der Waals surface area contributed by atoms with Crippen LogP contribution in [0.2, 0.25) is 20.1 Å². The monoisotopic (exact) mass is 475 g/mol. The number of hydrogen-bond donors (Lipinski definition) is 0. The van der Waals surface area contributed by atoms with Gasteiger partial charge in [0.15, 0.2) is 5.75 Å². The summed E-state index contributed by atoms with van der Waals surface area (Å²) < 4.78 is 5.73. The number of nitrogens with zero attached hydrogens (tertiary/aromatic N) is 1. The second kappa shape index (κ2) is 8.97. The van der Waals surface area contributed by atoms with Crippen LogP contribution in [0.5, 0.6) is 5.75 Å². The first-order chi connectivity index (χ1) is 13.3. The molecule has 0 atom stereocenters. The van der Waals surface area contributed by atoms with Gasteiger partial charge in [-0.15, -0.1) is 0 Å². The van der Waals surface area contributed by atoms with E-state index in [2.05, 4.69) is 0 Å². The van der Waals surface area contributed by atoms with Gasteiger partial charge in [0.25, 0.3) is 11.1 Å². The van der Waals surface area contributed by atoms with Crippen LogP contribution in [0.25, 0.3) is 6.08 Å². The van der Waals surface area contributed by atoms with Gasteiger partial charge in [0, 0.05) is 6.54 Å². The van der Waals surface area contributed by atoms with Crippen molar-refractivity contribution in [3.63, 3.8) is 0 Å². The summed E-state index contributed by atoms with van der Waals surface area (Å²) in [7, 11) is 0. The standard InChI is InChI=1S/C19H13Cl4NO3S/c1-2-24-18(25)16(28-19(24)26)8-11-6-14(22)17(15(23)7-11)27-9-10-3-4-12(20)13(21)5-10/h3-8H,2,9H2,1H3/b16-8+. The third-order valence-corrected chi connectivity index (χ3v) is 6.08. The molecule has 0 N–H and O–H groups in total. The van der Waals surface area contributed by atoms with Crippen LogP contribution in [0.4, 0.5) is 4.79 Å². The Morgan fingerprint density at radius 1 is 1.00 bits per heavy atom. The number of rotatable bonds is 5. The molecule has 0 aromatic heterocycles. The summed E-state index contributed by atoms with van der Waals surface area (Å²) in [6, 6.07) is 8.41. The molecule has 0 radical (unpaired) electrons. The maximum atomic E-state index is 12.2. The lowest BCUT2D eigenvalue weighted by atomic mass is 10.2. The van der Waals surface area contributed by atoms with E-state index in [1.165, 1.54) is 4.90 Å². The van der Waals surface area contributed by atoms with Gasteiger partial charge < -0.3 is 4.74 Å². The second-order valence-corrected chi connectivity index (χ2v) is 8.40. The number of amides is 2. The third kappa shape index (κ3) is 4.61. The zero-order valence-electron chi connectivity index (χ0n) is 14.5. The predicted octanol–water partition coefficient (Wildman–Crippen LogP) is 6.94. The van der Waals surface area contributed by atoms with Crippen molar-refractivity contribution < 1.29 is 14.3 Å². The molecule has 1 saturated heterocycles. The molecule has 1 aliphatic heterocycles. The van der Waals surface area contributed by atoms with E-state index in [9.17, 15) is 9.59 Å². The van der Waals surface area contributed by atoms with Gasteiger partial charge in [-0.2, -0.15) is 0 Å². The Bertz CT molecular complexity index is 970. The van der Waals surface area contributed by atoms with E-state index in [-0.39, 0.29) is 27.8 Å². The zero-order valence-corrected chi connectivity index (χ0v) is 18.3. The van der Waals surface area contributed by atoms with E-state index in [1.54, 1.807) is 43.3 Å². The van der Waals surface area contributed by atoms with Crippen LogP contribution in [-0.4, -0.2) is 22.6 Å². The number of carbonyl (C=O) groups is 2. The Morgan fingerprint density at radius 3 is 2.25 bits per heavy atom. The molecule has 0 spiro atoms. The van der Waals surface area contributed by atoms with Crippen LogP contribution in [0.15, 0.2) is 35.2 Å². The molecule has 2 aromatic carbocycles. The molecule has 2 aromatic rings. The van der Waals surface area contributed by atoms with Gasteiger partial charge in [-0.05, 0) is 60.2 Å². The summed E-state index contributed by atoms with van der Waals surface area (Å²) in [5, 5.41) is 1.16. The van der Waals surface area contributed by atoms with Crippen molar-refractivity contribution in [3.8, 4) is 5.75 Å². The van der Waals surface area contributed by atoms with Crippen molar-refractivity contribution >= 4 is 75.4 Å². The number of halogens is 4. The number of ether oxygens (including phenoxy) is 1. The lowest BCUT2D eigenvalue weighted by Crippen LogP contribution is -2.27. The van der Waals surface area contributed by atoms with Gasteiger partial charge in [0.05, 0.1) is 25.0 Å². The Morgan fingerprint density at radius 2 is 1.68 bits per heavy atom. The topological polar surface area (TPSA) is 46.6 Å². The fourth-order valence-corrected chi connectivity index (χ4v) is 4.35. The Balaban J connectivity index is 1.79. The molecule has 4 nitrogen and oxygen atoms in total. The van der Waals surface area contributed by atoms with Crippen LogP contribution >= 0.6 is 58.2 Å². The van der Waals surface area contributed by atoms with Gasteiger partial charge in [-0.1, -0.05) is 52.5 Å². The largest absolute Gasteiger partial charge is 0.486 e. The highest BCUT2D eigenvalue weighted by Gasteiger charge is 2.33. The first-order valence-corrected chi connectivity index (χ1v) is 10.4. The highest BCUT2D eigenvalue weighted by Crippen LogP contribution is 2.38. The van der Waals surface area contributed by atoms with Crippen molar-refractivity contribution in [2.45, 2.75) is 13.5 Å². The number of likely N-dealkylation sites (N-methyl/N-ethyl adjacent to an activating group) is 1. The van der Waals surface area contributed by atoms with Gasteiger partial charge in [-0.25, -0.2) is 0 Å². The maximum absolute atomic E-state index is 12.2. The van der Waals surface area contributed by atoms with Gasteiger partial charge in [0.1, 0.15) is 6.61 Å². The Labute approximate surface area is 186 Å². The molecular weight excluding hydrogens is 464 g/mol. The van der Waals surface area contributed by atoms with Crippen molar-refractivity contribution in [1.29, 1.82) is 0 Å². The van der Waals surface area contributed by atoms with Gasteiger partial charge in [0.2, 0.25) is 0 Å². The molecule has 0 unspecified atom stereocenters. The molecule has 3 rings (SSSR count). The highest BCUT2D eigenvalue weighted by molar-refractivity contribution is 8.18. The average Bonchev–Trinajstić information content (AvgIpc) is 2.90. The van der Waals surface area contributed by atoms with E-state index < -0.39 is 0 Å². The van der Waals surface area contributed by atoms with Crippen molar-refractivity contribution in [1.82, 2.24) is 4.90 Å². The molecule has 1 fully saturated rings. The number of imide groups is 1. The summed E-state index contributed by atoms with van der Waals surface area (Å²) in [4.78, 5) is 25.5. The smallest absolute Gasteiger partial charge is 0.293 e. The lowest BCUT2D eigenvalue weighted by Gasteiger charge is -2.12. The van der Waals surface area contributed by atoms with Crippen LogP contribution in [0, 0.1) is 0 Å². The number of hydrogen-bond acceptors (Lipinski definition) is 4. The Hall–Kier alpha value is -1.37. The van der Waals surface area contributed by atoms with Gasteiger partial charge >= 0.3 is 0 Å². The number of benzene rings is 2. The average molecular weight is 477 g/mol. The van der Waals surface area contributed by atoms with Crippen LogP contribution < -0.4 is 4.74 Å². The molecule has 0 bridgehead atoms. The number of thioether (sulfide) groups is 1. The first kappa shape index (κ1) is 21.3. The van der Waals surface area contributed by atoms with E-state index in [0.29, 0.717) is 32.8 Å². The maximum Gasteiger partial charge on any atom is 0.293 e. The minimum absolute atomic E-state index is 0.199. The number of carbonyl (C=O) groups excluding carboxylic acids is 2. The summed E-state index contributed by atoms with van der Waals surface area (Å²) in [5.41, 5.74) is 1.40. The van der Waals surface area contributed by atoms with Crippen molar-refractivity contribution in [3.05, 3.63) is 66.5 Å². The summed E-state index contributed by atoms with van der Waals surface area (Å²) in [6.45, 7) is 2.27. The van der Waals surface area contributed by atoms with Crippen LogP contribution in [0.3, 0.4) is 0 Å².